The molecule has 0 saturated heterocycles. The Morgan fingerprint density at radius 3 is 2.73 bits per heavy atom. The molecule has 22 heavy (non-hydrogen) atoms. The van der Waals surface area contributed by atoms with Crippen molar-refractivity contribution in [3.05, 3.63) is 35.7 Å². The second-order valence-corrected chi connectivity index (χ2v) is 5.44. The number of methoxy groups -OCH3 is 1. The Balaban J connectivity index is 1.81. The average molecular weight is 322 g/mol. The van der Waals surface area contributed by atoms with Gasteiger partial charge in [0.15, 0.2) is 0 Å². The maximum atomic E-state index is 11.2. The Morgan fingerprint density at radius 1 is 1.27 bits per heavy atom. The van der Waals surface area contributed by atoms with E-state index in [0.717, 1.165) is 11.3 Å². The van der Waals surface area contributed by atoms with E-state index in [4.69, 9.17) is 13.9 Å². The Hall–Kier alpha value is -2.02. The summed E-state index contributed by atoms with van der Waals surface area (Å²) in [6.45, 7) is 2.19. The van der Waals surface area contributed by atoms with Crippen molar-refractivity contribution < 1.29 is 18.7 Å². The number of ether oxygens (including phenoxy) is 2. The van der Waals surface area contributed by atoms with Crippen LogP contribution in [0.25, 0.3) is 0 Å². The molecule has 2 rings (SSSR count). The molecule has 0 saturated carbocycles. The summed E-state index contributed by atoms with van der Waals surface area (Å²) in [7, 11) is 1.63. The third-order valence-corrected chi connectivity index (χ3v) is 3.62. The van der Waals surface area contributed by atoms with Crippen LogP contribution in [-0.2, 0) is 16.0 Å². The van der Waals surface area contributed by atoms with E-state index >= 15 is 0 Å². The average Bonchev–Trinajstić information content (AvgIpc) is 2.96. The van der Waals surface area contributed by atoms with Crippen LogP contribution >= 0.6 is 11.8 Å². The molecule has 6 nitrogen and oxygen atoms in total. The van der Waals surface area contributed by atoms with Crippen molar-refractivity contribution in [1.82, 2.24) is 10.2 Å². The Bertz CT molecular complexity index is 598. The van der Waals surface area contributed by atoms with E-state index in [2.05, 4.69) is 10.2 Å². The maximum Gasteiger partial charge on any atom is 0.306 e. The van der Waals surface area contributed by atoms with Crippen molar-refractivity contribution in [2.45, 2.75) is 25.0 Å². The number of hydrogen-bond acceptors (Lipinski definition) is 7. The number of thioether (sulfide) groups is 1. The minimum atomic E-state index is -0.215. The number of hydrogen-bond donors (Lipinski definition) is 0. The minimum Gasteiger partial charge on any atom is -0.497 e. The second-order valence-electron chi connectivity index (χ2n) is 4.39. The van der Waals surface area contributed by atoms with Gasteiger partial charge >= 0.3 is 5.97 Å². The fourth-order valence-electron chi connectivity index (χ4n) is 1.74. The predicted octanol–water partition coefficient (Wildman–Crippen LogP) is 2.71. The maximum absolute atomic E-state index is 11.2. The highest BCUT2D eigenvalue weighted by Gasteiger charge is 2.09. The van der Waals surface area contributed by atoms with Crippen molar-refractivity contribution in [3.63, 3.8) is 0 Å². The van der Waals surface area contributed by atoms with Crippen LogP contribution in [0, 0.1) is 0 Å². The Labute approximate surface area is 133 Å². The molecule has 7 heteroatoms. The molecule has 2 aromatic rings. The topological polar surface area (TPSA) is 74.5 Å². The number of carbonyl (C=O) groups is 1. The lowest BCUT2D eigenvalue weighted by Gasteiger charge is -2.00. The third-order valence-electron chi connectivity index (χ3n) is 2.80. The van der Waals surface area contributed by atoms with E-state index in [0.29, 0.717) is 36.3 Å². The lowest BCUT2D eigenvalue weighted by molar-refractivity contribution is -0.142. The first kappa shape index (κ1) is 16.4. The number of esters is 1. The molecule has 0 fully saturated rings. The van der Waals surface area contributed by atoms with Gasteiger partial charge in [0.25, 0.3) is 5.22 Å². The van der Waals surface area contributed by atoms with Gasteiger partial charge in [0, 0.05) is 5.75 Å². The monoisotopic (exact) mass is 322 g/mol. The van der Waals surface area contributed by atoms with Crippen LogP contribution in [0.4, 0.5) is 0 Å². The van der Waals surface area contributed by atoms with E-state index in [1.165, 1.54) is 11.8 Å². The molecule has 0 aliphatic rings. The van der Waals surface area contributed by atoms with Crippen LogP contribution in [0.3, 0.4) is 0 Å². The summed E-state index contributed by atoms with van der Waals surface area (Å²) in [5.74, 6) is 1.70. The number of rotatable bonds is 8. The summed E-state index contributed by atoms with van der Waals surface area (Å²) in [4.78, 5) is 11.2. The SMILES string of the molecule is CCOC(=O)CCSc1nnc(Cc2ccc(OC)cc2)o1. The zero-order valence-corrected chi connectivity index (χ0v) is 13.4. The summed E-state index contributed by atoms with van der Waals surface area (Å²) in [6.07, 6.45) is 0.893. The van der Waals surface area contributed by atoms with E-state index in [9.17, 15) is 4.79 Å². The summed E-state index contributed by atoms with van der Waals surface area (Å²) >= 11 is 1.35. The summed E-state index contributed by atoms with van der Waals surface area (Å²) in [6, 6.07) is 7.69. The second kappa shape index (κ2) is 8.43. The first-order chi connectivity index (χ1) is 10.7. The smallest absolute Gasteiger partial charge is 0.306 e. The highest BCUT2D eigenvalue weighted by atomic mass is 32.2. The van der Waals surface area contributed by atoms with Gasteiger partial charge in [0.1, 0.15) is 5.75 Å². The first-order valence-corrected chi connectivity index (χ1v) is 7.93. The van der Waals surface area contributed by atoms with E-state index < -0.39 is 0 Å². The molecule has 0 unspecified atom stereocenters. The third kappa shape index (κ3) is 5.07. The standard InChI is InChI=1S/C15H18N2O4S/c1-3-20-14(18)8-9-22-15-17-16-13(21-15)10-11-4-6-12(19-2)7-5-11/h4-7H,3,8-10H2,1-2H3. The molecule has 1 aromatic heterocycles. The van der Waals surface area contributed by atoms with Gasteiger partial charge in [-0.2, -0.15) is 0 Å². The molecule has 1 aromatic carbocycles. The Kier molecular flexibility index (Phi) is 6.27. The van der Waals surface area contributed by atoms with Gasteiger partial charge in [-0.25, -0.2) is 0 Å². The van der Waals surface area contributed by atoms with Gasteiger partial charge in [-0.1, -0.05) is 23.9 Å². The number of benzene rings is 1. The van der Waals surface area contributed by atoms with Gasteiger partial charge in [0.05, 0.1) is 26.6 Å². The summed E-state index contributed by atoms with van der Waals surface area (Å²) < 4.78 is 15.5. The first-order valence-electron chi connectivity index (χ1n) is 6.95. The zero-order chi connectivity index (χ0) is 15.8. The van der Waals surface area contributed by atoms with Gasteiger partial charge in [-0.15, -0.1) is 10.2 Å². The fraction of sp³-hybridized carbons (Fsp3) is 0.400. The minimum absolute atomic E-state index is 0.215. The zero-order valence-electron chi connectivity index (χ0n) is 12.6. The predicted molar refractivity (Wildman–Crippen MR) is 82.1 cm³/mol. The molecule has 0 bridgehead atoms. The van der Waals surface area contributed by atoms with E-state index in [-0.39, 0.29) is 5.97 Å². The van der Waals surface area contributed by atoms with Crippen molar-refractivity contribution in [2.24, 2.45) is 0 Å². The van der Waals surface area contributed by atoms with Crippen LogP contribution in [0.2, 0.25) is 0 Å². The lowest BCUT2D eigenvalue weighted by Crippen LogP contribution is -2.04. The highest BCUT2D eigenvalue weighted by molar-refractivity contribution is 7.99. The van der Waals surface area contributed by atoms with Crippen LogP contribution < -0.4 is 4.74 Å². The number of aromatic nitrogens is 2. The normalized spacial score (nSPS) is 10.5. The van der Waals surface area contributed by atoms with Gasteiger partial charge in [-0.3, -0.25) is 4.79 Å². The number of nitrogens with zero attached hydrogens (tertiary/aromatic N) is 2. The van der Waals surface area contributed by atoms with Gasteiger partial charge in [-0.05, 0) is 24.6 Å². The van der Waals surface area contributed by atoms with E-state index in [1.807, 2.05) is 24.3 Å². The molecule has 118 valence electrons. The largest absolute Gasteiger partial charge is 0.497 e. The molecule has 0 atom stereocenters. The lowest BCUT2D eigenvalue weighted by atomic mass is 10.1. The quantitative estimate of drug-likeness (QED) is 0.546. The van der Waals surface area contributed by atoms with E-state index in [1.54, 1.807) is 14.0 Å². The van der Waals surface area contributed by atoms with Crippen LogP contribution in [0.1, 0.15) is 24.8 Å². The molecule has 0 aliphatic carbocycles. The van der Waals surface area contributed by atoms with Crippen LogP contribution in [0.5, 0.6) is 5.75 Å². The molecular formula is C15H18N2O4S. The molecular weight excluding hydrogens is 304 g/mol. The van der Waals surface area contributed by atoms with Crippen LogP contribution in [-0.4, -0.2) is 35.6 Å². The molecule has 0 radical (unpaired) electrons. The highest BCUT2D eigenvalue weighted by Crippen LogP contribution is 2.19. The summed E-state index contributed by atoms with van der Waals surface area (Å²) in [5, 5.41) is 8.43. The van der Waals surface area contributed by atoms with Crippen molar-refractivity contribution in [2.75, 3.05) is 19.5 Å². The molecule has 0 N–H and O–H groups in total. The van der Waals surface area contributed by atoms with Gasteiger partial charge in [0.2, 0.25) is 5.89 Å². The number of carbonyl (C=O) groups excluding carboxylic acids is 1. The van der Waals surface area contributed by atoms with Crippen LogP contribution in [0.15, 0.2) is 33.9 Å². The Morgan fingerprint density at radius 2 is 2.05 bits per heavy atom. The molecule has 1 heterocycles. The van der Waals surface area contributed by atoms with Crippen molar-refractivity contribution in [3.8, 4) is 5.75 Å². The molecule has 0 spiro atoms. The molecule has 0 aliphatic heterocycles. The summed E-state index contributed by atoms with van der Waals surface area (Å²) in [5.41, 5.74) is 1.06. The fourth-order valence-corrected chi connectivity index (χ4v) is 2.44. The van der Waals surface area contributed by atoms with Crippen molar-refractivity contribution in [1.29, 1.82) is 0 Å². The van der Waals surface area contributed by atoms with Gasteiger partial charge < -0.3 is 13.9 Å². The molecule has 0 amide bonds. The van der Waals surface area contributed by atoms with Crippen molar-refractivity contribution >= 4 is 17.7 Å².